The lowest BCUT2D eigenvalue weighted by molar-refractivity contribution is 0.104. The highest BCUT2D eigenvalue weighted by molar-refractivity contribution is 9.10. The maximum Gasteiger partial charge on any atom is 0.203 e. The van der Waals surface area contributed by atoms with Crippen molar-refractivity contribution in [3.63, 3.8) is 0 Å². The summed E-state index contributed by atoms with van der Waals surface area (Å²) in [6.07, 6.45) is 0. The summed E-state index contributed by atoms with van der Waals surface area (Å²) >= 11 is 6.65. The fraction of sp³-hybridized carbons (Fsp3) is 0.133. The Morgan fingerprint density at radius 3 is 2.80 bits per heavy atom. The van der Waals surface area contributed by atoms with Crippen molar-refractivity contribution in [3.8, 4) is 5.75 Å². The highest BCUT2D eigenvalue weighted by atomic mass is 79.9. The fourth-order valence-corrected chi connectivity index (χ4v) is 4.50. The number of benzene rings is 1. The molecule has 0 spiro atoms. The summed E-state index contributed by atoms with van der Waals surface area (Å²) in [6.45, 7) is 2.54. The van der Waals surface area contributed by atoms with Crippen molar-refractivity contribution in [1.29, 1.82) is 0 Å². The zero-order valence-electron chi connectivity index (χ0n) is 10.7. The number of hydrogen-bond acceptors (Lipinski definition) is 4. The SMILES string of the molecule is CCOc1ccc(C(=O)c2cc3sccc3s2)cc1Br. The minimum Gasteiger partial charge on any atom is -0.493 e. The molecule has 3 rings (SSSR count). The molecule has 0 aliphatic carbocycles. The van der Waals surface area contributed by atoms with E-state index in [2.05, 4.69) is 22.0 Å². The molecule has 1 aromatic carbocycles. The highest BCUT2D eigenvalue weighted by Gasteiger charge is 2.14. The van der Waals surface area contributed by atoms with Gasteiger partial charge in [-0.3, -0.25) is 4.79 Å². The van der Waals surface area contributed by atoms with Crippen LogP contribution in [0.1, 0.15) is 22.2 Å². The van der Waals surface area contributed by atoms with E-state index in [-0.39, 0.29) is 5.78 Å². The van der Waals surface area contributed by atoms with Gasteiger partial charge in [-0.25, -0.2) is 0 Å². The van der Waals surface area contributed by atoms with Crippen LogP contribution >= 0.6 is 38.6 Å². The molecule has 0 aliphatic rings. The summed E-state index contributed by atoms with van der Waals surface area (Å²) in [5.41, 5.74) is 0.675. The summed E-state index contributed by atoms with van der Waals surface area (Å²) in [5.74, 6) is 0.818. The molecule has 20 heavy (non-hydrogen) atoms. The van der Waals surface area contributed by atoms with E-state index in [0.717, 1.165) is 15.1 Å². The first kappa shape index (κ1) is 13.8. The zero-order chi connectivity index (χ0) is 14.1. The number of ether oxygens (including phenoxy) is 1. The second-order valence-electron chi connectivity index (χ2n) is 4.17. The second kappa shape index (κ2) is 5.68. The van der Waals surface area contributed by atoms with Gasteiger partial charge in [-0.2, -0.15) is 0 Å². The first-order chi connectivity index (χ1) is 9.69. The molecular formula is C15H11BrO2S2. The lowest BCUT2D eigenvalue weighted by Crippen LogP contribution is -2.00. The standard InChI is InChI=1S/C15H11BrO2S2/c1-2-18-11-4-3-9(7-10(11)16)15(17)14-8-13-12(20-14)5-6-19-13/h3-8H,2H2,1H3. The van der Waals surface area contributed by atoms with Crippen LogP contribution in [0.4, 0.5) is 0 Å². The van der Waals surface area contributed by atoms with Gasteiger partial charge in [-0.1, -0.05) is 0 Å². The number of rotatable bonds is 4. The molecule has 0 saturated heterocycles. The summed E-state index contributed by atoms with van der Waals surface area (Å²) in [5, 5.41) is 2.04. The van der Waals surface area contributed by atoms with E-state index in [1.165, 1.54) is 9.40 Å². The van der Waals surface area contributed by atoms with Crippen LogP contribution in [0.2, 0.25) is 0 Å². The molecule has 0 radical (unpaired) electrons. The molecule has 0 aliphatic heterocycles. The van der Waals surface area contributed by atoms with Gasteiger partial charge in [0.2, 0.25) is 5.78 Å². The molecular weight excluding hydrogens is 356 g/mol. The van der Waals surface area contributed by atoms with Crippen molar-refractivity contribution in [2.45, 2.75) is 6.92 Å². The van der Waals surface area contributed by atoms with Gasteiger partial charge in [0, 0.05) is 15.0 Å². The Hall–Kier alpha value is -1.17. The number of hydrogen-bond donors (Lipinski definition) is 0. The van der Waals surface area contributed by atoms with Gasteiger partial charge in [0.05, 0.1) is 16.0 Å². The fourth-order valence-electron chi connectivity index (χ4n) is 1.93. The molecule has 5 heteroatoms. The van der Waals surface area contributed by atoms with Crippen molar-refractivity contribution >= 4 is 53.8 Å². The van der Waals surface area contributed by atoms with E-state index in [1.54, 1.807) is 22.7 Å². The lowest BCUT2D eigenvalue weighted by Gasteiger charge is -2.06. The van der Waals surface area contributed by atoms with Gasteiger partial charge in [0.1, 0.15) is 5.75 Å². The molecule has 0 bridgehead atoms. The molecule has 2 heterocycles. The van der Waals surface area contributed by atoms with Crippen molar-refractivity contribution in [3.05, 3.63) is 50.6 Å². The number of halogens is 1. The Morgan fingerprint density at radius 1 is 1.25 bits per heavy atom. The number of carbonyl (C=O) groups excluding carboxylic acids is 1. The third-order valence-corrected chi connectivity index (χ3v) is 5.57. The van der Waals surface area contributed by atoms with Crippen LogP contribution in [-0.4, -0.2) is 12.4 Å². The minimum absolute atomic E-state index is 0.0575. The van der Waals surface area contributed by atoms with E-state index < -0.39 is 0 Å². The monoisotopic (exact) mass is 366 g/mol. The van der Waals surface area contributed by atoms with E-state index in [4.69, 9.17) is 4.74 Å². The predicted octanol–water partition coefficient (Wildman–Crippen LogP) is 5.36. The highest BCUT2D eigenvalue weighted by Crippen LogP contribution is 2.32. The summed E-state index contributed by atoms with van der Waals surface area (Å²) in [7, 11) is 0. The van der Waals surface area contributed by atoms with Gasteiger partial charge >= 0.3 is 0 Å². The van der Waals surface area contributed by atoms with Gasteiger partial charge < -0.3 is 4.74 Å². The first-order valence-corrected chi connectivity index (χ1v) is 8.62. The van der Waals surface area contributed by atoms with Crippen molar-refractivity contribution in [1.82, 2.24) is 0 Å². The van der Waals surface area contributed by atoms with Gasteiger partial charge in [0.15, 0.2) is 0 Å². The van der Waals surface area contributed by atoms with Crippen molar-refractivity contribution in [2.75, 3.05) is 6.61 Å². The van der Waals surface area contributed by atoms with Gasteiger partial charge in [0.25, 0.3) is 0 Å². The zero-order valence-corrected chi connectivity index (χ0v) is 13.9. The molecule has 0 N–H and O–H groups in total. The predicted molar refractivity (Wildman–Crippen MR) is 88.4 cm³/mol. The molecule has 0 amide bonds. The molecule has 0 saturated carbocycles. The quantitative estimate of drug-likeness (QED) is 0.581. The van der Waals surface area contributed by atoms with Crippen LogP contribution in [0.15, 0.2) is 40.2 Å². The second-order valence-corrected chi connectivity index (χ2v) is 7.05. The maximum atomic E-state index is 12.5. The Labute approximate surface area is 133 Å². The van der Waals surface area contributed by atoms with Crippen LogP contribution in [0.5, 0.6) is 5.75 Å². The van der Waals surface area contributed by atoms with Gasteiger partial charge in [-0.05, 0) is 58.6 Å². The molecule has 3 aromatic rings. The number of carbonyl (C=O) groups is 1. The Morgan fingerprint density at radius 2 is 2.10 bits per heavy atom. The lowest BCUT2D eigenvalue weighted by atomic mass is 10.1. The van der Waals surface area contributed by atoms with E-state index in [9.17, 15) is 4.79 Å². The van der Waals surface area contributed by atoms with E-state index >= 15 is 0 Å². The van der Waals surface area contributed by atoms with Crippen LogP contribution in [-0.2, 0) is 0 Å². The molecule has 0 fully saturated rings. The molecule has 2 aromatic heterocycles. The number of ketones is 1. The molecule has 102 valence electrons. The summed E-state index contributed by atoms with van der Waals surface area (Å²) < 4.78 is 8.61. The summed E-state index contributed by atoms with van der Waals surface area (Å²) in [4.78, 5) is 13.3. The Balaban J connectivity index is 1.94. The van der Waals surface area contributed by atoms with Crippen LogP contribution < -0.4 is 4.74 Å². The smallest absolute Gasteiger partial charge is 0.203 e. The first-order valence-electron chi connectivity index (χ1n) is 6.13. The maximum absolute atomic E-state index is 12.5. The van der Waals surface area contributed by atoms with E-state index in [1.807, 2.05) is 36.6 Å². The topological polar surface area (TPSA) is 26.3 Å². The average Bonchev–Trinajstić information content (AvgIpc) is 3.01. The Bertz CT molecular complexity index is 745. The minimum atomic E-state index is 0.0575. The Kier molecular flexibility index (Phi) is 3.92. The number of fused-ring (bicyclic) bond motifs is 1. The normalized spacial score (nSPS) is 10.9. The van der Waals surface area contributed by atoms with E-state index in [0.29, 0.717) is 12.2 Å². The van der Waals surface area contributed by atoms with Crippen molar-refractivity contribution in [2.24, 2.45) is 0 Å². The van der Waals surface area contributed by atoms with Crippen molar-refractivity contribution < 1.29 is 9.53 Å². The van der Waals surface area contributed by atoms with Crippen LogP contribution in [0, 0.1) is 0 Å². The third-order valence-electron chi connectivity index (χ3n) is 2.86. The summed E-state index contributed by atoms with van der Waals surface area (Å²) in [6, 6.07) is 9.48. The molecule has 0 unspecified atom stereocenters. The third kappa shape index (κ3) is 2.53. The largest absolute Gasteiger partial charge is 0.493 e. The van der Waals surface area contributed by atoms with Gasteiger partial charge in [-0.15, -0.1) is 22.7 Å². The van der Waals surface area contributed by atoms with Crippen LogP contribution in [0.3, 0.4) is 0 Å². The average molecular weight is 367 g/mol. The number of thiophene rings is 2. The van der Waals surface area contributed by atoms with Crippen LogP contribution in [0.25, 0.3) is 9.40 Å². The molecule has 2 nitrogen and oxygen atoms in total. The molecule has 0 atom stereocenters.